The molecule has 5 heteroatoms. The molecule has 0 aliphatic carbocycles. The quantitative estimate of drug-likeness (QED) is 0.182. The minimum absolute atomic E-state index is 0.821. The molecule has 8 aromatic carbocycles. The average molecular weight is 680 g/mol. The van der Waals surface area contributed by atoms with E-state index in [2.05, 4.69) is 126 Å². The van der Waals surface area contributed by atoms with E-state index in [0.717, 1.165) is 116 Å². The Kier molecular flexibility index (Phi) is 5.06. The highest BCUT2D eigenvalue weighted by Crippen LogP contribution is 2.44. The summed E-state index contributed by atoms with van der Waals surface area (Å²) in [6.07, 6.45) is 0. The van der Waals surface area contributed by atoms with Crippen molar-refractivity contribution in [3.8, 4) is 16.8 Å². The lowest BCUT2D eigenvalue weighted by Gasteiger charge is -2.08. The van der Waals surface area contributed by atoms with Gasteiger partial charge in [-0.25, -0.2) is 0 Å². The topological polar surface area (TPSA) is 57.5 Å². The van der Waals surface area contributed by atoms with E-state index in [4.69, 9.17) is 17.7 Å². The Labute approximate surface area is 299 Å². The maximum atomic E-state index is 6.84. The van der Waals surface area contributed by atoms with Gasteiger partial charge in [-0.3, -0.25) is 0 Å². The van der Waals surface area contributed by atoms with Gasteiger partial charge in [0.1, 0.15) is 39.1 Å². The van der Waals surface area contributed by atoms with Crippen molar-refractivity contribution in [1.29, 1.82) is 0 Å². The van der Waals surface area contributed by atoms with Gasteiger partial charge in [0, 0.05) is 59.9 Å². The highest BCUT2D eigenvalue weighted by atomic mass is 16.3. The maximum Gasteiger partial charge on any atom is 0.159 e. The summed E-state index contributed by atoms with van der Waals surface area (Å²) in [5, 5.41) is 10.9. The van der Waals surface area contributed by atoms with Crippen LogP contribution in [-0.4, -0.2) is 4.57 Å². The molecule has 0 aliphatic heterocycles. The van der Waals surface area contributed by atoms with Crippen molar-refractivity contribution in [1.82, 2.24) is 4.57 Å². The third-order valence-corrected chi connectivity index (χ3v) is 11.2. The van der Waals surface area contributed by atoms with Gasteiger partial charge in [0.15, 0.2) is 5.58 Å². The molecule has 0 unspecified atom stereocenters. The molecule has 0 aliphatic rings. The Balaban J connectivity index is 1.01. The number of rotatable bonds is 2. The fourth-order valence-electron chi connectivity index (χ4n) is 8.86. The number of hydrogen-bond donors (Lipinski definition) is 0. The predicted octanol–water partition coefficient (Wildman–Crippen LogP) is 14.0. The van der Waals surface area contributed by atoms with Gasteiger partial charge in [-0.15, -0.1) is 0 Å². The van der Waals surface area contributed by atoms with Crippen LogP contribution in [0.3, 0.4) is 0 Å². The SMILES string of the molecule is c1ccc2c(c1)oc1cc3c(cc12)c1ccccc1n3-c1cccc2c1oc1cc3c(cc12)oc1cc(-c2cccc4oc5ccccc5c24)ccc13. The lowest BCUT2D eigenvalue weighted by molar-refractivity contribution is 0.662. The molecular formula is C48H25NO4. The smallest absolute Gasteiger partial charge is 0.159 e. The van der Waals surface area contributed by atoms with E-state index in [-0.39, 0.29) is 0 Å². The average Bonchev–Trinajstić information content (AvgIpc) is 4.01. The molecule has 0 radical (unpaired) electrons. The zero-order chi connectivity index (χ0) is 34.4. The van der Waals surface area contributed by atoms with Crippen LogP contribution >= 0.6 is 0 Å². The van der Waals surface area contributed by atoms with Crippen molar-refractivity contribution in [2.24, 2.45) is 0 Å². The third kappa shape index (κ3) is 3.60. The standard InChI is InChI=1S/C48H25NO4/c1-4-14-37-28(9-1)33-22-34-29-10-2-5-16-40(29)51-46(34)25-39(33)49(37)38-15-7-13-31-36-24-44-35(23-45(36)53-48(31)38)30-20-19-26(21-43(30)52-44)27-12-8-18-42-47(27)32-11-3-6-17-41(32)50-42/h1-25H. The van der Waals surface area contributed by atoms with E-state index in [9.17, 15) is 0 Å². The van der Waals surface area contributed by atoms with Gasteiger partial charge in [-0.2, -0.15) is 0 Å². The molecular weight excluding hydrogens is 655 g/mol. The second-order valence-electron chi connectivity index (χ2n) is 14.0. The molecule has 0 bridgehead atoms. The number of furan rings is 4. The van der Waals surface area contributed by atoms with Crippen LogP contribution in [0.5, 0.6) is 0 Å². The fraction of sp³-hybridized carbons (Fsp3) is 0. The van der Waals surface area contributed by atoms with Gasteiger partial charge < -0.3 is 22.2 Å². The largest absolute Gasteiger partial charge is 0.456 e. The van der Waals surface area contributed by atoms with Gasteiger partial charge in [0.2, 0.25) is 0 Å². The van der Waals surface area contributed by atoms with E-state index >= 15 is 0 Å². The summed E-state index contributed by atoms with van der Waals surface area (Å²) < 4.78 is 28.3. The minimum Gasteiger partial charge on any atom is -0.456 e. The van der Waals surface area contributed by atoms with Crippen molar-refractivity contribution in [3.05, 3.63) is 152 Å². The van der Waals surface area contributed by atoms with E-state index in [1.54, 1.807) is 0 Å². The predicted molar refractivity (Wildman–Crippen MR) is 215 cm³/mol. The number of para-hydroxylation sites is 4. The van der Waals surface area contributed by atoms with Gasteiger partial charge in [0.05, 0.1) is 16.7 Å². The molecule has 13 aromatic rings. The van der Waals surface area contributed by atoms with Crippen LogP contribution in [0.2, 0.25) is 0 Å². The lowest BCUT2D eigenvalue weighted by atomic mass is 9.98. The lowest BCUT2D eigenvalue weighted by Crippen LogP contribution is -1.94. The number of fused-ring (bicyclic) bond motifs is 15. The van der Waals surface area contributed by atoms with Crippen LogP contribution in [0.4, 0.5) is 0 Å². The van der Waals surface area contributed by atoms with Crippen LogP contribution in [-0.2, 0) is 0 Å². The highest BCUT2D eigenvalue weighted by molar-refractivity contribution is 6.20. The second-order valence-corrected chi connectivity index (χ2v) is 14.0. The second kappa shape index (κ2) is 9.75. The Morgan fingerprint density at radius 3 is 1.83 bits per heavy atom. The number of hydrogen-bond acceptors (Lipinski definition) is 4. The van der Waals surface area contributed by atoms with Crippen LogP contribution in [0.15, 0.2) is 169 Å². The summed E-state index contributed by atoms with van der Waals surface area (Å²) in [7, 11) is 0. The van der Waals surface area contributed by atoms with Crippen molar-refractivity contribution in [2.75, 3.05) is 0 Å². The van der Waals surface area contributed by atoms with E-state index in [0.29, 0.717) is 0 Å². The first-order valence-corrected chi connectivity index (χ1v) is 17.8. The highest BCUT2D eigenvalue weighted by Gasteiger charge is 2.21. The first kappa shape index (κ1) is 27.5. The minimum atomic E-state index is 0.821. The van der Waals surface area contributed by atoms with Crippen molar-refractivity contribution >= 4 is 110 Å². The Morgan fingerprint density at radius 2 is 0.925 bits per heavy atom. The van der Waals surface area contributed by atoms with Gasteiger partial charge in [-0.1, -0.05) is 84.9 Å². The fourth-order valence-corrected chi connectivity index (χ4v) is 8.86. The molecule has 0 atom stereocenters. The molecule has 0 fully saturated rings. The van der Waals surface area contributed by atoms with Crippen LogP contribution < -0.4 is 0 Å². The molecule has 0 spiro atoms. The zero-order valence-corrected chi connectivity index (χ0v) is 28.0. The summed E-state index contributed by atoms with van der Waals surface area (Å²) in [5.41, 5.74) is 12.2. The number of benzene rings is 8. The number of aromatic nitrogens is 1. The molecule has 0 saturated heterocycles. The summed E-state index contributed by atoms with van der Waals surface area (Å²) >= 11 is 0. The summed E-state index contributed by atoms with van der Waals surface area (Å²) in [6, 6.07) is 52.9. The first-order valence-electron chi connectivity index (χ1n) is 17.8. The molecule has 53 heavy (non-hydrogen) atoms. The monoisotopic (exact) mass is 679 g/mol. The Hall–Kier alpha value is -7.24. The van der Waals surface area contributed by atoms with Crippen molar-refractivity contribution in [2.45, 2.75) is 0 Å². The Morgan fingerprint density at radius 1 is 0.321 bits per heavy atom. The Bertz CT molecular complexity index is 3700. The first-order chi connectivity index (χ1) is 26.2. The molecule has 5 aromatic heterocycles. The molecule has 5 nitrogen and oxygen atoms in total. The zero-order valence-electron chi connectivity index (χ0n) is 28.0. The molecule has 13 rings (SSSR count). The van der Waals surface area contributed by atoms with Crippen molar-refractivity contribution in [3.63, 3.8) is 0 Å². The van der Waals surface area contributed by atoms with E-state index in [1.165, 1.54) is 10.8 Å². The van der Waals surface area contributed by atoms with Gasteiger partial charge in [0.25, 0.3) is 0 Å². The molecule has 0 saturated carbocycles. The van der Waals surface area contributed by atoms with Crippen molar-refractivity contribution < 1.29 is 17.7 Å². The van der Waals surface area contributed by atoms with E-state index in [1.807, 2.05) is 30.3 Å². The molecule has 0 N–H and O–H groups in total. The van der Waals surface area contributed by atoms with Gasteiger partial charge >= 0.3 is 0 Å². The number of nitrogens with zero attached hydrogens (tertiary/aromatic N) is 1. The summed E-state index contributed by atoms with van der Waals surface area (Å²) in [4.78, 5) is 0. The summed E-state index contributed by atoms with van der Waals surface area (Å²) in [6.45, 7) is 0. The molecule has 246 valence electrons. The maximum absolute atomic E-state index is 6.84. The van der Waals surface area contributed by atoms with Crippen LogP contribution in [0.25, 0.3) is 126 Å². The van der Waals surface area contributed by atoms with Crippen LogP contribution in [0, 0.1) is 0 Å². The third-order valence-electron chi connectivity index (χ3n) is 11.2. The normalized spacial score (nSPS) is 12.5. The summed E-state index contributed by atoms with van der Waals surface area (Å²) in [5.74, 6) is 0. The molecule has 5 heterocycles. The van der Waals surface area contributed by atoms with E-state index < -0.39 is 0 Å². The van der Waals surface area contributed by atoms with Gasteiger partial charge in [-0.05, 0) is 71.8 Å². The molecule has 0 amide bonds. The van der Waals surface area contributed by atoms with Crippen LogP contribution in [0.1, 0.15) is 0 Å².